The number of hydrogen-bond acceptors (Lipinski definition) is 5. The van der Waals surface area contributed by atoms with Crippen LogP contribution in [0.2, 0.25) is 0 Å². The summed E-state index contributed by atoms with van der Waals surface area (Å²) in [7, 11) is 0. The second-order valence-electron chi connectivity index (χ2n) is 11.9. The summed E-state index contributed by atoms with van der Waals surface area (Å²) in [6.07, 6.45) is 1.63. The Balaban J connectivity index is 1.50. The summed E-state index contributed by atoms with van der Waals surface area (Å²) in [5.74, 6) is -1.09. The van der Waals surface area contributed by atoms with E-state index in [0.717, 1.165) is 27.9 Å². The van der Waals surface area contributed by atoms with Crippen molar-refractivity contribution in [1.29, 1.82) is 0 Å². The van der Waals surface area contributed by atoms with E-state index < -0.39 is 16.7 Å². The topological polar surface area (TPSA) is 88.7 Å². The van der Waals surface area contributed by atoms with Crippen LogP contribution in [-0.4, -0.2) is 26.4 Å². The smallest absolute Gasteiger partial charge is 0.270 e. The number of nitro groups is 1. The van der Waals surface area contributed by atoms with Crippen molar-refractivity contribution < 1.29 is 14.5 Å². The van der Waals surface area contributed by atoms with Gasteiger partial charge in [-0.05, 0) is 96.9 Å². The predicted molar refractivity (Wildman–Crippen MR) is 201 cm³/mol. The molecule has 6 aromatic rings. The molecule has 0 saturated carbocycles. The van der Waals surface area contributed by atoms with Crippen molar-refractivity contribution in [2.45, 2.75) is 13.8 Å². The van der Waals surface area contributed by atoms with Gasteiger partial charge in [-0.1, -0.05) is 84.9 Å². The molecule has 1 aliphatic rings. The van der Waals surface area contributed by atoms with Gasteiger partial charge in [0.25, 0.3) is 17.5 Å². The number of carbonyl (C=O) groups excluding carboxylic acids is 2. The Morgan fingerprint density at radius 3 is 1.74 bits per heavy atom. The fraction of sp³-hybridized carbons (Fsp3) is 0.0488. The first-order chi connectivity index (χ1) is 24.2. The van der Waals surface area contributed by atoms with Gasteiger partial charge in [0.05, 0.1) is 27.7 Å². The van der Waals surface area contributed by atoms with Gasteiger partial charge in [0.15, 0.2) is 5.11 Å². The van der Waals surface area contributed by atoms with E-state index in [1.165, 1.54) is 21.9 Å². The Morgan fingerprint density at radius 1 is 0.620 bits per heavy atom. The summed E-state index contributed by atoms with van der Waals surface area (Å²) in [5, 5.41) is 11.6. The van der Waals surface area contributed by atoms with E-state index in [4.69, 9.17) is 12.2 Å². The van der Waals surface area contributed by atoms with Crippen molar-refractivity contribution in [1.82, 2.24) is 4.57 Å². The van der Waals surface area contributed by atoms with Crippen LogP contribution in [0.3, 0.4) is 0 Å². The molecule has 1 aliphatic heterocycles. The summed E-state index contributed by atoms with van der Waals surface area (Å²) in [5.41, 5.74) is 7.45. The molecule has 2 heterocycles. The summed E-state index contributed by atoms with van der Waals surface area (Å²) in [6.45, 7) is 3.96. The van der Waals surface area contributed by atoms with E-state index in [2.05, 4.69) is 0 Å². The second-order valence-corrected chi connectivity index (χ2v) is 12.3. The number of nitro benzene ring substituents is 1. The lowest BCUT2D eigenvalue weighted by Gasteiger charge is -2.36. The normalized spacial score (nSPS) is 14.0. The fourth-order valence-corrected chi connectivity index (χ4v) is 6.50. The average Bonchev–Trinajstić information content (AvgIpc) is 3.52. The number of hydrogen-bond donors (Lipinski definition) is 0. The minimum atomic E-state index is -0.547. The van der Waals surface area contributed by atoms with Crippen molar-refractivity contribution in [3.8, 4) is 28.2 Å². The molecule has 0 spiro atoms. The number of aryl methyl sites for hydroxylation is 2. The first kappa shape index (κ1) is 32.1. The lowest BCUT2D eigenvalue weighted by Crippen LogP contribution is -2.57. The number of thiocarbonyl (C=S) groups is 1. The molecule has 5 aromatic carbocycles. The molecule has 1 fully saturated rings. The molecule has 1 aromatic heterocycles. The molecule has 0 N–H and O–H groups in total. The number of carbonyl (C=O) groups is 2. The molecular weight excluding hydrogens is 645 g/mol. The van der Waals surface area contributed by atoms with Gasteiger partial charge in [-0.15, -0.1) is 0 Å². The van der Waals surface area contributed by atoms with Gasteiger partial charge < -0.3 is 4.57 Å². The van der Waals surface area contributed by atoms with Crippen LogP contribution in [0.4, 0.5) is 17.1 Å². The van der Waals surface area contributed by atoms with E-state index >= 15 is 0 Å². The minimum absolute atomic E-state index is 0.0347. The predicted octanol–water partition coefficient (Wildman–Crippen LogP) is 9.08. The molecule has 8 nitrogen and oxygen atoms in total. The zero-order valence-corrected chi connectivity index (χ0v) is 28.0. The molecule has 7 rings (SSSR count). The number of benzene rings is 5. The molecule has 244 valence electrons. The molecule has 0 atom stereocenters. The molecule has 50 heavy (non-hydrogen) atoms. The zero-order valence-electron chi connectivity index (χ0n) is 27.2. The van der Waals surface area contributed by atoms with Crippen molar-refractivity contribution in [3.63, 3.8) is 0 Å². The maximum absolute atomic E-state index is 14.6. The first-order valence-electron chi connectivity index (χ1n) is 15.9. The highest BCUT2D eigenvalue weighted by molar-refractivity contribution is 7.81. The number of anilines is 2. The highest BCUT2D eigenvalue weighted by atomic mass is 32.1. The van der Waals surface area contributed by atoms with Crippen LogP contribution >= 0.6 is 12.2 Å². The van der Waals surface area contributed by atoms with Crippen molar-refractivity contribution in [2.24, 2.45) is 0 Å². The Labute approximate surface area is 294 Å². The van der Waals surface area contributed by atoms with Gasteiger partial charge in [0.1, 0.15) is 5.57 Å². The number of non-ortho nitro benzene ring substituents is 1. The largest absolute Gasteiger partial charge is 0.309 e. The Kier molecular flexibility index (Phi) is 8.49. The van der Waals surface area contributed by atoms with Gasteiger partial charge in [0, 0.05) is 23.4 Å². The molecule has 0 radical (unpaired) electrons. The fourth-order valence-electron chi connectivity index (χ4n) is 6.13. The summed E-state index contributed by atoms with van der Waals surface area (Å²) in [6, 6.07) is 42.3. The quantitative estimate of drug-likeness (QED) is 0.0554. The first-order valence-corrected chi connectivity index (χ1v) is 16.3. The maximum Gasteiger partial charge on any atom is 0.270 e. The van der Waals surface area contributed by atoms with Crippen LogP contribution in [0.1, 0.15) is 16.7 Å². The van der Waals surface area contributed by atoms with Crippen molar-refractivity contribution in [2.75, 3.05) is 9.80 Å². The molecule has 1 saturated heterocycles. The number of nitrogens with zero attached hydrogens (tertiary/aromatic N) is 4. The molecular formula is C41H30N4O4S. The van der Waals surface area contributed by atoms with Crippen LogP contribution in [0, 0.1) is 24.0 Å². The van der Waals surface area contributed by atoms with Crippen LogP contribution in [0.15, 0.2) is 145 Å². The van der Waals surface area contributed by atoms with Crippen LogP contribution in [0.25, 0.3) is 34.3 Å². The van der Waals surface area contributed by atoms with Crippen LogP contribution in [0.5, 0.6) is 0 Å². The van der Waals surface area contributed by atoms with Crippen molar-refractivity contribution >= 4 is 52.3 Å². The third-order valence-electron chi connectivity index (χ3n) is 8.78. The molecule has 0 aliphatic carbocycles. The molecule has 2 amide bonds. The molecule has 9 heteroatoms. The lowest BCUT2D eigenvalue weighted by atomic mass is 10.0. The Hall–Kier alpha value is -6.45. The standard InChI is InChI=1S/C41H30N4O4S/c1-27-18-19-35(24-28(27)2)44-40(47)36(39(46)43(41(44)50)32-16-10-5-11-17-32)25-31-26-37(29-12-6-3-7-13-29)42(38(31)30-14-8-4-9-15-30)33-20-22-34(23-21-33)45(48)49/h3-26H,1-2H3/b36-25-. The Morgan fingerprint density at radius 2 is 1.16 bits per heavy atom. The summed E-state index contributed by atoms with van der Waals surface area (Å²) in [4.78, 5) is 43.0. The lowest BCUT2D eigenvalue weighted by molar-refractivity contribution is -0.384. The van der Waals surface area contributed by atoms with Crippen LogP contribution in [-0.2, 0) is 9.59 Å². The summed E-state index contributed by atoms with van der Waals surface area (Å²) < 4.78 is 2.00. The van der Waals surface area contributed by atoms with E-state index in [9.17, 15) is 19.7 Å². The second kappa shape index (κ2) is 13.2. The van der Waals surface area contributed by atoms with Gasteiger partial charge in [-0.2, -0.15) is 0 Å². The number of amides is 2. The molecule has 0 unspecified atom stereocenters. The zero-order chi connectivity index (χ0) is 34.9. The number of para-hydroxylation sites is 1. The van der Waals surface area contributed by atoms with E-state index in [0.29, 0.717) is 28.3 Å². The highest BCUT2D eigenvalue weighted by Crippen LogP contribution is 2.39. The third kappa shape index (κ3) is 5.80. The number of aromatic nitrogens is 1. The molecule has 0 bridgehead atoms. The SMILES string of the molecule is Cc1ccc(N2C(=O)/C(=C\c3cc(-c4ccccc4)n(-c4ccc([N+](=O)[O-])cc4)c3-c3ccccc3)C(=O)N(c3ccccc3)C2=S)cc1C. The van der Waals surface area contributed by atoms with Gasteiger partial charge in [-0.3, -0.25) is 29.5 Å². The van der Waals surface area contributed by atoms with Crippen molar-refractivity contribution in [3.05, 3.63) is 172 Å². The van der Waals surface area contributed by atoms with Gasteiger partial charge in [0.2, 0.25) is 0 Å². The van der Waals surface area contributed by atoms with E-state index in [-0.39, 0.29) is 16.4 Å². The third-order valence-corrected chi connectivity index (χ3v) is 9.14. The van der Waals surface area contributed by atoms with Crippen LogP contribution < -0.4 is 9.80 Å². The average molecular weight is 675 g/mol. The monoisotopic (exact) mass is 674 g/mol. The van der Waals surface area contributed by atoms with Gasteiger partial charge >= 0.3 is 0 Å². The number of rotatable bonds is 7. The van der Waals surface area contributed by atoms with E-state index in [1.807, 2.05) is 122 Å². The summed E-state index contributed by atoms with van der Waals surface area (Å²) >= 11 is 5.88. The van der Waals surface area contributed by atoms with Gasteiger partial charge in [-0.25, -0.2) is 0 Å². The van der Waals surface area contributed by atoms with E-state index in [1.54, 1.807) is 30.3 Å². The Bertz CT molecular complexity index is 2320. The highest BCUT2D eigenvalue weighted by Gasteiger charge is 2.41. The maximum atomic E-state index is 14.6. The minimum Gasteiger partial charge on any atom is -0.309 e.